The summed E-state index contributed by atoms with van der Waals surface area (Å²) in [5.74, 6) is 5.51. The molecule has 0 saturated heterocycles. The summed E-state index contributed by atoms with van der Waals surface area (Å²) in [4.78, 5) is 4.41. The molecule has 0 radical (unpaired) electrons. The molecule has 0 aliphatic carbocycles. The van der Waals surface area contributed by atoms with Crippen molar-refractivity contribution in [2.75, 3.05) is 6.61 Å². The molecular formula is C13H23N3O. The van der Waals surface area contributed by atoms with Gasteiger partial charge in [-0.1, -0.05) is 13.0 Å². The molecule has 0 aliphatic rings. The van der Waals surface area contributed by atoms with Crippen LogP contribution in [0.2, 0.25) is 0 Å². The molecule has 0 spiro atoms. The fourth-order valence-electron chi connectivity index (χ4n) is 1.51. The summed E-state index contributed by atoms with van der Waals surface area (Å²) in [7, 11) is 0. The lowest BCUT2D eigenvalue weighted by molar-refractivity contribution is 0.0611. The number of rotatable bonds is 7. The summed E-state index contributed by atoms with van der Waals surface area (Å²) in [5.41, 5.74) is 5.06. The van der Waals surface area contributed by atoms with Crippen LogP contribution in [0.5, 0.6) is 0 Å². The molecule has 96 valence electrons. The zero-order valence-corrected chi connectivity index (χ0v) is 10.9. The average molecular weight is 237 g/mol. The van der Waals surface area contributed by atoms with E-state index in [9.17, 15) is 0 Å². The van der Waals surface area contributed by atoms with E-state index < -0.39 is 0 Å². The van der Waals surface area contributed by atoms with Gasteiger partial charge in [-0.25, -0.2) is 0 Å². The highest BCUT2D eigenvalue weighted by atomic mass is 16.5. The maximum Gasteiger partial charge on any atom is 0.0640 e. The van der Waals surface area contributed by atoms with Gasteiger partial charge in [0.2, 0.25) is 0 Å². The molecular weight excluding hydrogens is 214 g/mol. The van der Waals surface area contributed by atoms with E-state index in [2.05, 4.69) is 29.5 Å². The van der Waals surface area contributed by atoms with Crippen LogP contribution in [-0.4, -0.2) is 23.7 Å². The maximum absolute atomic E-state index is 5.54. The van der Waals surface area contributed by atoms with Crippen LogP contribution in [0, 0.1) is 0 Å². The standard InChI is InChI=1S/C13H23N3O/c1-4-11-5-6-12(15-8-11)7-13(16-14)9-17-10(2)3/h5-6,8,10,13,16H,4,7,9,14H2,1-3H3. The third-order valence-corrected chi connectivity index (χ3v) is 2.62. The van der Waals surface area contributed by atoms with E-state index in [1.165, 1.54) is 5.56 Å². The van der Waals surface area contributed by atoms with E-state index in [-0.39, 0.29) is 12.1 Å². The second-order valence-electron chi connectivity index (χ2n) is 4.46. The van der Waals surface area contributed by atoms with Crippen molar-refractivity contribution in [1.82, 2.24) is 10.4 Å². The number of hydrogen-bond acceptors (Lipinski definition) is 4. The lowest BCUT2D eigenvalue weighted by Gasteiger charge is -2.17. The monoisotopic (exact) mass is 237 g/mol. The number of hydrogen-bond donors (Lipinski definition) is 2. The minimum Gasteiger partial charge on any atom is -0.377 e. The first-order chi connectivity index (χ1) is 8.15. The lowest BCUT2D eigenvalue weighted by Crippen LogP contribution is -2.41. The van der Waals surface area contributed by atoms with E-state index in [0.717, 1.165) is 18.5 Å². The first-order valence-electron chi connectivity index (χ1n) is 6.17. The van der Waals surface area contributed by atoms with Crippen LogP contribution in [0.25, 0.3) is 0 Å². The molecule has 4 nitrogen and oxygen atoms in total. The summed E-state index contributed by atoms with van der Waals surface area (Å²) in [6.45, 7) is 6.76. The number of nitrogens with zero attached hydrogens (tertiary/aromatic N) is 1. The number of nitrogens with one attached hydrogen (secondary N) is 1. The van der Waals surface area contributed by atoms with Crippen LogP contribution in [0.15, 0.2) is 18.3 Å². The number of pyridine rings is 1. The van der Waals surface area contributed by atoms with Gasteiger partial charge in [-0.2, -0.15) is 0 Å². The van der Waals surface area contributed by atoms with Gasteiger partial charge < -0.3 is 4.74 Å². The van der Waals surface area contributed by atoms with Gasteiger partial charge in [0.15, 0.2) is 0 Å². The molecule has 0 aliphatic heterocycles. The Hall–Kier alpha value is -0.970. The predicted octanol–water partition coefficient (Wildman–Crippen LogP) is 1.44. The van der Waals surface area contributed by atoms with Crippen molar-refractivity contribution in [2.45, 2.75) is 45.8 Å². The van der Waals surface area contributed by atoms with E-state index in [1.54, 1.807) is 0 Å². The van der Waals surface area contributed by atoms with Gasteiger partial charge in [-0.05, 0) is 31.9 Å². The van der Waals surface area contributed by atoms with Crippen molar-refractivity contribution >= 4 is 0 Å². The molecule has 0 aromatic carbocycles. The van der Waals surface area contributed by atoms with E-state index in [1.807, 2.05) is 20.0 Å². The quantitative estimate of drug-likeness (QED) is 0.556. The Morgan fingerprint density at radius 3 is 2.65 bits per heavy atom. The van der Waals surface area contributed by atoms with Crippen molar-refractivity contribution in [1.29, 1.82) is 0 Å². The largest absolute Gasteiger partial charge is 0.377 e. The fraction of sp³-hybridized carbons (Fsp3) is 0.615. The molecule has 1 heterocycles. The van der Waals surface area contributed by atoms with Crippen molar-refractivity contribution in [3.05, 3.63) is 29.6 Å². The molecule has 0 fully saturated rings. The predicted molar refractivity (Wildman–Crippen MR) is 69.5 cm³/mol. The highest BCUT2D eigenvalue weighted by Crippen LogP contribution is 2.04. The van der Waals surface area contributed by atoms with Gasteiger partial charge in [-0.3, -0.25) is 16.3 Å². The average Bonchev–Trinajstić information content (AvgIpc) is 2.35. The van der Waals surface area contributed by atoms with E-state index in [4.69, 9.17) is 10.6 Å². The van der Waals surface area contributed by atoms with Crippen molar-refractivity contribution < 1.29 is 4.74 Å². The van der Waals surface area contributed by atoms with Crippen LogP contribution < -0.4 is 11.3 Å². The molecule has 3 N–H and O–H groups in total. The van der Waals surface area contributed by atoms with Gasteiger partial charge in [0.05, 0.1) is 12.7 Å². The van der Waals surface area contributed by atoms with Crippen LogP contribution >= 0.6 is 0 Å². The molecule has 17 heavy (non-hydrogen) atoms. The Morgan fingerprint density at radius 1 is 1.41 bits per heavy atom. The Morgan fingerprint density at radius 2 is 2.18 bits per heavy atom. The molecule has 1 atom stereocenters. The first-order valence-corrected chi connectivity index (χ1v) is 6.17. The summed E-state index contributed by atoms with van der Waals surface area (Å²) in [6.07, 6.45) is 3.95. The Balaban J connectivity index is 2.48. The maximum atomic E-state index is 5.54. The molecule has 1 rings (SSSR count). The third-order valence-electron chi connectivity index (χ3n) is 2.62. The van der Waals surface area contributed by atoms with Crippen molar-refractivity contribution in [2.24, 2.45) is 5.84 Å². The summed E-state index contributed by atoms with van der Waals surface area (Å²) in [6, 6.07) is 4.27. The van der Waals surface area contributed by atoms with E-state index in [0.29, 0.717) is 6.61 Å². The van der Waals surface area contributed by atoms with Crippen LogP contribution in [0.3, 0.4) is 0 Å². The number of aryl methyl sites for hydroxylation is 1. The fourth-order valence-corrected chi connectivity index (χ4v) is 1.51. The zero-order valence-electron chi connectivity index (χ0n) is 10.9. The molecule has 1 aromatic heterocycles. The summed E-state index contributed by atoms with van der Waals surface area (Å²) >= 11 is 0. The minimum atomic E-state index is 0.109. The molecule has 0 amide bonds. The van der Waals surface area contributed by atoms with Crippen molar-refractivity contribution in [3.8, 4) is 0 Å². The van der Waals surface area contributed by atoms with E-state index >= 15 is 0 Å². The molecule has 1 unspecified atom stereocenters. The van der Waals surface area contributed by atoms with Gasteiger partial charge in [0.1, 0.15) is 0 Å². The minimum absolute atomic E-state index is 0.109. The Kier molecular flexibility index (Phi) is 6.11. The second kappa shape index (κ2) is 7.37. The molecule has 4 heteroatoms. The van der Waals surface area contributed by atoms with Crippen LogP contribution in [0.1, 0.15) is 32.0 Å². The molecule has 0 bridgehead atoms. The Labute approximate surface area is 104 Å². The summed E-state index contributed by atoms with van der Waals surface area (Å²) < 4.78 is 5.54. The number of nitrogens with two attached hydrogens (primary N) is 1. The molecule has 1 aromatic rings. The highest BCUT2D eigenvalue weighted by Gasteiger charge is 2.09. The number of ether oxygens (including phenoxy) is 1. The van der Waals surface area contributed by atoms with Gasteiger partial charge >= 0.3 is 0 Å². The highest BCUT2D eigenvalue weighted by molar-refractivity contribution is 5.14. The second-order valence-corrected chi connectivity index (χ2v) is 4.46. The van der Waals surface area contributed by atoms with Crippen LogP contribution in [0.4, 0.5) is 0 Å². The van der Waals surface area contributed by atoms with Gasteiger partial charge in [-0.15, -0.1) is 0 Å². The van der Waals surface area contributed by atoms with Gasteiger partial charge in [0.25, 0.3) is 0 Å². The number of aromatic nitrogens is 1. The topological polar surface area (TPSA) is 60.2 Å². The van der Waals surface area contributed by atoms with Crippen molar-refractivity contribution in [3.63, 3.8) is 0 Å². The van der Waals surface area contributed by atoms with Gasteiger partial charge in [0, 0.05) is 24.4 Å². The zero-order chi connectivity index (χ0) is 12.7. The molecule has 0 saturated carbocycles. The lowest BCUT2D eigenvalue weighted by atomic mass is 10.1. The third kappa shape index (κ3) is 5.26. The first kappa shape index (κ1) is 14.1. The smallest absolute Gasteiger partial charge is 0.0640 e. The SMILES string of the molecule is CCc1ccc(CC(COC(C)C)NN)nc1. The van der Waals surface area contributed by atoms with Crippen LogP contribution in [-0.2, 0) is 17.6 Å². The normalized spacial score (nSPS) is 13.0. The Bertz CT molecular complexity index is 311. The number of hydrazine groups is 1. The summed E-state index contributed by atoms with van der Waals surface area (Å²) in [5, 5.41) is 0.